The maximum absolute atomic E-state index is 14.1. The Morgan fingerprint density at radius 1 is 0.886 bits per heavy atom. The summed E-state index contributed by atoms with van der Waals surface area (Å²) in [5.41, 5.74) is 1.42. The van der Waals surface area contributed by atoms with Gasteiger partial charge in [-0.25, -0.2) is 8.78 Å². The van der Waals surface area contributed by atoms with Gasteiger partial charge in [-0.05, 0) is 50.1 Å². The number of hydrogen-bond acceptors (Lipinski definition) is 5. The lowest BCUT2D eigenvalue weighted by atomic mass is 10.1. The van der Waals surface area contributed by atoms with Crippen LogP contribution in [0, 0.1) is 11.6 Å². The molecule has 0 aliphatic carbocycles. The minimum Gasteiger partial charge on any atom is -0.497 e. The van der Waals surface area contributed by atoms with Crippen molar-refractivity contribution in [2.45, 2.75) is 39.0 Å². The zero-order chi connectivity index (χ0) is 31.8. The van der Waals surface area contributed by atoms with Gasteiger partial charge >= 0.3 is 0 Å². The number of nitrogens with zero attached hydrogens (tertiary/aromatic N) is 3. The molecule has 0 atom stereocenters. The minimum absolute atomic E-state index is 0.0215. The van der Waals surface area contributed by atoms with E-state index < -0.39 is 23.0 Å². The number of benzene rings is 3. The van der Waals surface area contributed by atoms with Crippen molar-refractivity contribution < 1.29 is 23.0 Å². The average molecular weight is 671 g/mol. The minimum atomic E-state index is -0.818. The molecule has 0 fully saturated rings. The Morgan fingerprint density at radius 2 is 1.59 bits per heavy atom. The number of halogens is 3. The fourth-order valence-corrected chi connectivity index (χ4v) is 5.44. The van der Waals surface area contributed by atoms with Gasteiger partial charge in [0.15, 0.2) is 0 Å². The molecule has 4 aromatic rings. The number of fused-ring (bicyclic) bond motifs is 1. The highest BCUT2D eigenvalue weighted by molar-refractivity contribution is 9.09. The molecule has 0 spiro atoms. The van der Waals surface area contributed by atoms with E-state index in [-0.39, 0.29) is 17.8 Å². The van der Waals surface area contributed by atoms with E-state index >= 15 is 0 Å². The van der Waals surface area contributed by atoms with Crippen molar-refractivity contribution in [1.82, 2.24) is 4.57 Å². The molecule has 1 amide bonds. The zero-order valence-corrected chi connectivity index (χ0v) is 27.1. The van der Waals surface area contributed by atoms with E-state index in [0.717, 1.165) is 54.9 Å². The number of carbonyl (C=O) groups is 1. The highest BCUT2D eigenvalue weighted by Crippen LogP contribution is 2.30. The van der Waals surface area contributed by atoms with Gasteiger partial charge in [-0.2, -0.15) is 0 Å². The van der Waals surface area contributed by atoms with Crippen molar-refractivity contribution in [2.75, 3.05) is 49.5 Å². The molecular formula is C34H38BrF2N3O4. The highest BCUT2D eigenvalue weighted by atomic mass is 79.9. The van der Waals surface area contributed by atoms with Crippen LogP contribution >= 0.6 is 15.9 Å². The SMILES string of the molecule is CCN(C(=O)c1cn(-c2cc(OC)cc(N(C)C)c2)c2cc(OCCCCCCCBr)ccc2c1=O)c1cc(F)cc(F)c1. The summed E-state index contributed by atoms with van der Waals surface area (Å²) < 4.78 is 41.6. The molecule has 44 heavy (non-hydrogen) atoms. The van der Waals surface area contributed by atoms with Crippen LogP contribution in [0.15, 0.2) is 65.6 Å². The van der Waals surface area contributed by atoms with Crippen molar-refractivity contribution in [1.29, 1.82) is 0 Å². The molecule has 3 aromatic carbocycles. The lowest BCUT2D eigenvalue weighted by molar-refractivity contribution is 0.0987. The van der Waals surface area contributed by atoms with Gasteiger partial charge in [-0.3, -0.25) is 9.59 Å². The standard InChI is InChI=1S/C34H38BrF2N3O4/c1-5-39(26-16-23(36)15-24(37)17-26)34(42)31-22-40(27-18-25(38(2)3)19-29(20-27)43-4)32-21-28(11-12-30(32)33(31)41)44-14-10-8-6-7-9-13-35/h11-12,15-22H,5-10,13-14H2,1-4H3. The summed E-state index contributed by atoms with van der Waals surface area (Å²) in [5, 5.41) is 1.31. The van der Waals surface area contributed by atoms with Crippen molar-refractivity contribution >= 4 is 44.1 Å². The maximum Gasteiger partial charge on any atom is 0.263 e. The van der Waals surface area contributed by atoms with E-state index in [1.54, 1.807) is 36.8 Å². The second-order valence-electron chi connectivity index (χ2n) is 10.7. The fourth-order valence-electron chi connectivity index (χ4n) is 5.04. The van der Waals surface area contributed by atoms with Crippen molar-refractivity contribution in [2.24, 2.45) is 0 Å². The number of methoxy groups -OCH3 is 1. The molecule has 1 aromatic heterocycles. The summed E-state index contributed by atoms with van der Waals surface area (Å²) in [7, 11) is 5.38. The third-order valence-corrected chi connectivity index (χ3v) is 7.94. The first-order chi connectivity index (χ1) is 21.2. The van der Waals surface area contributed by atoms with Gasteiger partial charge in [0.25, 0.3) is 5.91 Å². The van der Waals surface area contributed by atoms with Crippen molar-refractivity contribution in [3.05, 3.63) is 88.2 Å². The summed E-state index contributed by atoms with van der Waals surface area (Å²) in [4.78, 5) is 30.8. The Kier molecular flexibility index (Phi) is 11.4. The number of aromatic nitrogens is 1. The van der Waals surface area contributed by atoms with E-state index in [4.69, 9.17) is 9.47 Å². The van der Waals surface area contributed by atoms with Gasteiger partial charge in [0.2, 0.25) is 5.43 Å². The van der Waals surface area contributed by atoms with Crippen LogP contribution in [-0.2, 0) is 0 Å². The lowest BCUT2D eigenvalue weighted by Gasteiger charge is -2.23. The monoisotopic (exact) mass is 669 g/mol. The Bertz CT molecular complexity index is 1650. The number of amides is 1. The summed E-state index contributed by atoms with van der Waals surface area (Å²) in [6.07, 6.45) is 6.93. The molecule has 0 aliphatic heterocycles. The van der Waals surface area contributed by atoms with Crippen molar-refractivity contribution in [3.8, 4) is 17.2 Å². The Morgan fingerprint density at radius 3 is 2.25 bits per heavy atom. The normalized spacial score (nSPS) is 11.1. The van der Waals surface area contributed by atoms with E-state index in [9.17, 15) is 18.4 Å². The van der Waals surface area contributed by atoms with Crippen LogP contribution in [0.25, 0.3) is 16.6 Å². The summed E-state index contributed by atoms with van der Waals surface area (Å²) >= 11 is 3.46. The number of alkyl halides is 1. The first-order valence-corrected chi connectivity index (χ1v) is 15.8. The number of rotatable bonds is 14. The first-order valence-electron chi connectivity index (χ1n) is 14.7. The number of anilines is 2. The van der Waals surface area contributed by atoms with Crippen LogP contribution in [0.1, 0.15) is 49.4 Å². The van der Waals surface area contributed by atoms with E-state index in [1.165, 1.54) is 17.5 Å². The van der Waals surface area contributed by atoms with E-state index in [2.05, 4.69) is 15.9 Å². The molecule has 0 radical (unpaired) electrons. The number of unbranched alkanes of at least 4 members (excludes halogenated alkanes) is 4. The predicted molar refractivity (Wildman–Crippen MR) is 177 cm³/mol. The first kappa shape index (κ1) is 33.0. The van der Waals surface area contributed by atoms with Crippen LogP contribution in [0.4, 0.5) is 20.2 Å². The van der Waals surface area contributed by atoms with Crippen LogP contribution in [0.5, 0.6) is 11.5 Å². The lowest BCUT2D eigenvalue weighted by Crippen LogP contribution is -2.35. The molecule has 0 saturated carbocycles. The third kappa shape index (κ3) is 7.77. The molecule has 0 saturated heterocycles. The second-order valence-corrected chi connectivity index (χ2v) is 11.5. The quantitative estimate of drug-likeness (QED) is 0.102. The van der Waals surface area contributed by atoms with Gasteiger partial charge in [0, 0.05) is 73.2 Å². The number of hydrogen-bond donors (Lipinski definition) is 0. The average Bonchev–Trinajstić information content (AvgIpc) is 3.00. The smallest absolute Gasteiger partial charge is 0.263 e. The molecule has 1 heterocycles. The summed E-state index contributed by atoms with van der Waals surface area (Å²) in [6, 6.07) is 13.7. The maximum atomic E-state index is 14.1. The molecule has 0 unspecified atom stereocenters. The van der Waals surface area contributed by atoms with Gasteiger partial charge in [-0.1, -0.05) is 35.2 Å². The van der Waals surface area contributed by atoms with Crippen LogP contribution in [0.2, 0.25) is 0 Å². The number of carbonyl (C=O) groups excluding carboxylic acids is 1. The summed E-state index contributed by atoms with van der Waals surface area (Å²) in [5.74, 6) is -1.12. The molecule has 4 rings (SSSR count). The van der Waals surface area contributed by atoms with Crippen molar-refractivity contribution in [3.63, 3.8) is 0 Å². The number of pyridine rings is 1. The fraction of sp³-hybridized carbons (Fsp3) is 0.353. The number of ether oxygens (including phenoxy) is 2. The molecule has 234 valence electrons. The largest absolute Gasteiger partial charge is 0.497 e. The molecular weight excluding hydrogens is 632 g/mol. The van der Waals surface area contributed by atoms with E-state index in [0.29, 0.717) is 34.7 Å². The molecule has 10 heteroatoms. The van der Waals surface area contributed by atoms with Crippen LogP contribution in [0.3, 0.4) is 0 Å². The Hall–Kier alpha value is -3.92. The Balaban J connectivity index is 1.82. The zero-order valence-electron chi connectivity index (χ0n) is 25.5. The van der Waals surface area contributed by atoms with Gasteiger partial charge in [-0.15, -0.1) is 0 Å². The third-order valence-electron chi connectivity index (χ3n) is 7.38. The van der Waals surface area contributed by atoms with Crippen LogP contribution < -0.4 is 24.7 Å². The van der Waals surface area contributed by atoms with Gasteiger partial charge < -0.3 is 23.8 Å². The van der Waals surface area contributed by atoms with Crippen LogP contribution in [-0.4, -0.2) is 50.2 Å². The van der Waals surface area contributed by atoms with Gasteiger partial charge in [0.05, 0.1) is 24.9 Å². The van der Waals surface area contributed by atoms with E-state index in [1.807, 2.05) is 37.2 Å². The topological polar surface area (TPSA) is 64.0 Å². The molecule has 7 nitrogen and oxygen atoms in total. The Labute approximate surface area is 265 Å². The highest BCUT2D eigenvalue weighted by Gasteiger charge is 2.24. The molecule has 0 bridgehead atoms. The predicted octanol–water partition coefficient (Wildman–Crippen LogP) is 7.73. The van der Waals surface area contributed by atoms with Gasteiger partial charge in [0.1, 0.15) is 28.7 Å². The second kappa shape index (κ2) is 15.2. The molecule has 0 aliphatic rings. The summed E-state index contributed by atoms with van der Waals surface area (Å²) in [6.45, 7) is 2.31. The molecule has 0 N–H and O–H groups in total.